The van der Waals surface area contributed by atoms with Crippen LogP contribution in [0.15, 0.2) is 36.5 Å². The van der Waals surface area contributed by atoms with Gasteiger partial charge in [-0.3, -0.25) is 0 Å². The number of aromatic carboxylic acids is 1. The van der Waals surface area contributed by atoms with Crippen LogP contribution in [0.5, 0.6) is 5.88 Å². The van der Waals surface area contributed by atoms with Gasteiger partial charge in [-0.25, -0.2) is 9.78 Å². The second-order valence-corrected chi connectivity index (χ2v) is 5.12. The Balaban J connectivity index is 1.93. The van der Waals surface area contributed by atoms with E-state index in [4.69, 9.17) is 10.5 Å². The lowest BCUT2D eigenvalue weighted by atomic mass is 9.89. The Kier molecular flexibility index (Phi) is 3.48. The highest BCUT2D eigenvalue weighted by molar-refractivity contribution is 5.91. The van der Waals surface area contributed by atoms with Crippen molar-refractivity contribution in [1.29, 1.82) is 0 Å². The van der Waals surface area contributed by atoms with Gasteiger partial charge in [0.25, 0.3) is 0 Å². The molecule has 0 bridgehead atoms. The Hall–Kier alpha value is -2.56. The van der Waals surface area contributed by atoms with Crippen LogP contribution in [0, 0.1) is 0 Å². The van der Waals surface area contributed by atoms with Crippen LogP contribution in [0.2, 0.25) is 0 Å². The third-order valence-electron chi connectivity index (χ3n) is 3.67. The predicted octanol–water partition coefficient (Wildman–Crippen LogP) is 2.82. The van der Waals surface area contributed by atoms with Crippen molar-refractivity contribution < 1.29 is 14.6 Å². The van der Waals surface area contributed by atoms with Crippen molar-refractivity contribution in [2.75, 3.05) is 5.73 Å². The Morgan fingerprint density at radius 1 is 1.38 bits per heavy atom. The summed E-state index contributed by atoms with van der Waals surface area (Å²) in [7, 11) is 0. The van der Waals surface area contributed by atoms with Gasteiger partial charge < -0.3 is 15.6 Å². The lowest BCUT2D eigenvalue weighted by Crippen LogP contribution is -2.17. The highest BCUT2D eigenvalue weighted by Crippen LogP contribution is 2.34. The first-order chi connectivity index (χ1) is 10.1. The molecule has 1 unspecified atom stereocenters. The van der Waals surface area contributed by atoms with E-state index in [2.05, 4.69) is 11.1 Å². The third kappa shape index (κ3) is 2.67. The molecule has 1 aromatic carbocycles. The number of nitrogens with two attached hydrogens (primary N) is 1. The summed E-state index contributed by atoms with van der Waals surface area (Å²) in [5, 5.41) is 9.24. The first-order valence-corrected chi connectivity index (χ1v) is 6.88. The van der Waals surface area contributed by atoms with E-state index in [1.807, 2.05) is 18.2 Å². The molecule has 0 saturated heterocycles. The SMILES string of the molecule is Nc1cnc(OC2CCCc3ccccc32)c(C(=O)O)c1. The Morgan fingerprint density at radius 2 is 2.19 bits per heavy atom. The first-order valence-electron chi connectivity index (χ1n) is 6.88. The largest absolute Gasteiger partial charge is 0.477 e. The summed E-state index contributed by atoms with van der Waals surface area (Å²) in [4.78, 5) is 15.3. The molecule has 5 nitrogen and oxygen atoms in total. The van der Waals surface area contributed by atoms with Gasteiger partial charge in [0.05, 0.1) is 11.9 Å². The first kappa shape index (κ1) is 13.4. The van der Waals surface area contributed by atoms with Gasteiger partial charge >= 0.3 is 5.97 Å². The quantitative estimate of drug-likeness (QED) is 0.905. The number of hydrogen-bond acceptors (Lipinski definition) is 4. The van der Waals surface area contributed by atoms with Crippen molar-refractivity contribution in [3.63, 3.8) is 0 Å². The van der Waals surface area contributed by atoms with Crippen LogP contribution in [0.4, 0.5) is 5.69 Å². The zero-order valence-corrected chi connectivity index (χ0v) is 11.5. The third-order valence-corrected chi connectivity index (χ3v) is 3.67. The predicted molar refractivity (Wildman–Crippen MR) is 78.4 cm³/mol. The number of aryl methyl sites for hydroxylation is 1. The van der Waals surface area contributed by atoms with Gasteiger partial charge in [0.1, 0.15) is 11.7 Å². The number of rotatable bonds is 3. The van der Waals surface area contributed by atoms with E-state index >= 15 is 0 Å². The summed E-state index contributed by atoms with van der Waals surface area (Å²) < 4.78 is 5.88. The number of carboxylic acid groups (broad SMARTS) is 1. The molecule has 1 aliphatic rings. The number of carboxylic acids is 1. The van der Waals surface area contributed by atoms with Crippen LogP contribution < -0.4 is 10.5 Å². The molecule has 0 radical (unpaired) electrons. The van der Waals surface area contributed by atoms with Gasteiger partial charge in [0.2, 0.25) is 5.88 Å². The smallest absolute Gasteiger partial charge is 0.341 e. The summed E-state index contributed by atoms with van der Waals surface area (Å²) in [6, 6.07) is 9.45. The number of nitrogens with zero attached hydrogens (tertiary/aromatic N) is 1. The lowest BCUT2D eigenvalue weighted by molar-refractivity contribution is 0.0686. The summed E-state index contributed by atoms with van der Waals surface area (Å²) in [6.45, 7) is 0. The van der Waals surface area contributed by atoms with Crippen LogP contribution in [0.1, 0.15) is 40.4 Å². The topological polar surface area (TPSA) is 85.4 Å². The lowest BCUT2D eigenvalue weighted by Gasteiger charge is -2.26. The Labute approximate surface area is 122 Å². The molecule has 21 heavy (non-hydrogen) atoms. The summed E-state index contributed by atoms with van der Waals surface area (Å²) in [5.74, 6) is -0.965. The number of benzene rings is 1. The maximum absolute atomic E-state index is 11.3. The molecule has 2 aromatic rings. The molecule has 0 saturated carbocycles. The number of ether oxygens (including phenoxy) is 1. The van der Waals surface area contributed by atoms with Gasteiger partial charge in [-0.15, -0.1) is 0 Å². The second-order valence-electron chi connectivity index (χ2n) is 5.12. The minimum absolute atomic E-state index is 0.00180. The van der Waals surface area contributed by atoms with Crippen LogP contribution >= 0.6 is 0 Å². The number of aromatic nitrogens is 1. The monoisotopic (exact) mass is 284 g/mol. The molecule has 0 fully saturated rings. The molecule has 0 spiro atoms. The van der Waals surface area contributed by atoms with E-state index in [9.17, 15) is 9.90 Å². The van der Waals surface area contributed by atoms with Crippen LogP contribution in [-0.2, 0) is 6.42 Å². The van der Waals surface area contributed by atoms with Crippen molar-refractivity contribution in [2.45, 2.75) is 25.4 Å². The highest BCUT2D eigenvalue weighted by Gasteiger charge is 2.24. The zero-order valence-electron chi connectivity index (χ0n) is 11.5. The van der Waals surface area contributed by atoms with Gasteiger partial charge in [-0.1, -0.05) is 24.3 Å². The van der Waals surface area contributed by atoms with E-state index < -0.39 is 5.97 Å². The molecule has 3 rings (SSSR count). The van der Waals surface area contributed by atoms with Crippen molar-refractivity contribution >= 4 is 11.7 Å². The zero-order chi connectivity index (χ0) is 14.8. The molecule has 1 aromatic heterocycles. The van der Waals surface area contributed by atoms with E-state index in [0.717, 1.165) is 24.8 Å². The van der Waals surface area contributed by atoms with Crippen LogP contribution in [0.25, 0.3) is 0 Å². The standard InChI is InChI=1S/C16H16N2O3/c17-11-8-13(16(19)20)15(18-9-11)21-14-7-3-5-10-4-1-2-6-12(10)14/h1-2,4,6,8-9,14H,3,5,7,17H2,(H,19,20). The van der Waals surface area contributed by atoms with Crippen LogP contribution in [0.3, 0.4) is 0 Å². The average molecular weight is 284 g/mol. The molecule has 1 atom stereocenters. The number of anilines is 1. The van der Waals surface area contributed by atoms with Gasteiger partial charge in [0.15, 0.2) is 0 Å². The summed E-state index contributed by atoms with van der Waals surface area (Å²) in [5.41, 5.74) is 8.26. The van der Waals surface area contributed by atoms with Crippen molar-refractivity contribution in [2.24, 2.45) is 0 Å². The van der Waals surface area contributed by atoms with Gasteiger partial charge in [-0.05, 0) is 36.5 Å². The normalized spacial score (nSPS) is 17.0. The fourth-order valence-corrected chi connectivity index (χ4v) is 2.68. The number of hydrogen-bond donors (Lipinski definition) is 2. The Bertz CT molecular complexity index is 685. The van der Waals surface area contributed by atoms with Gasteiger partial charge in [-0.2, -0.15) is 0 Å². The highest BCUT2D eigenvalue weighted by atomic mass is 16.5. The van der Waals surface area contributed by atoms with Gasteiger partial charge in [0, 0.05) is 0 Å². The molecular formula is C16H16N2O3. The maximum atomic E-state index is 11.3. The molecule has 0 aliphatic heterocycles. The minimum Gasteiger partial charge on any atom is -0.477 e. The number of pyridine rings is 1. The van der Waals surface area contributed by atoms with E-state index in [-0.39, 0.29) is 17.5 Å². The number of fused-ring (bicyclic) bond motifs is 1. The number of carbonyl (C=O) groups is 1. The molecule has 0 amide bonds. The molecular weight excluding hydrogens is 268 g/mol. The van der Waals surface area contributed by atoms with E-state index in [1.165, 1.54) is 17.8 Å². The van der Waals surface area contributed by atoms with Crippen molar-refractivity contribution in [3.8, 4) is 5.88 Å². The maximum Gasteiger partial charge on any atom is 0.341 e. The molecule has 1 aliphatic carbocycles. The molecule has 108 valence electrons. The summed E-state index contributed by atoms with van der Waals surface area (Å²) >= 11 is 0. The molecule has 5 heteroatoms. The molecule has 3 N–H and O–H groups in total. The van der Waals surface area contributed by atoms with Crippen molar-refractivity contribution in [3.05, 3.63) is 53.2 Å². The fraction of sp³-hybridized carbons (Fsp3) is 0.250. The minimum atomic E-state index is -1.09. The molecule has 1 heterocycles. The fourth-order valence-electron chi connectivity index (χ4n) is 2.68. The second kappa shape index (κ2) is 5.44. The Morgan fingerprint density at radius 3 is 3.00 bits per heavy atom. The average Bonchev–Trinajstić information content (AvgIpc) is 2.49. The van der Waals surface area contributed by atoms with E-state index in [1.54, 1.807) is 0 Å². The summed E-state index contributed by atoms with van der Waals surface area (Å²) in [6.07, 6.45) is 4.14. The van der Waals surface area contributed by atoms with Crippen LogP contribution in [-0.4, -0.2) is 16.1 Å². The number of nitrogen functional groups attached to an aromatic ring is 1. The van der Waals surface area contributed by atoms with E-state index in [0.29, 0.717) is 5.69 Å². The van der Waals surface area contributed by atoms with Crippen molar-refractivity contribution in [1.82, 2.24) is 4.98 Å².